The van der Waals surface area contributed by atoms with Crippen molar-refractivity contribution in [2.24, 2.45) is 0 Å². The van der Waals surface area contributed by atoms with Crippen LogP contribution in [-0.2, 0) is 0 Å². The number of methoxy groups -OCH3 is 1. The van der Waals surface area contributed by atoms with Crippen molar-refractivity contribution >= 4 is 11.6 Å². The maximum Gasteiger partial charge on any atom is 0.251 e. The smallest absolute Gasteiger partial charge is 0.251 e. The standard InChI is InChI=1S/C25H26N2O3/c1-29-22-13-9-21(10-14-22)27-17-15-20(16-18-27)26-25(28)19-7-11-24(12-8-19)30-23-5-3-2-4-6-23/h2-14,20H,15-18H2,1H3,(H,26,28). The maximum atomic E-state index is 12.6. The van der Waals surface area contributed by atoms with E-state index in [0.717, 1.165) is 37.4 Å². The summed E-state index contributed by atoms with van der Waals surface area (Å²) in [5.41, 5.74) is 1.84. The number of nitrogens with zero attached hydrogens (tertiary/aromatic N) is 1. The molecule has 1 amide bonds. The highest BCUT2D eigenvalue weighted by atomic mass is 16.5. The van der Waals surface area contributed by atoms with Crippen LogP contribution >= 0.6 is 0 Å². The predicted octanol–water partition coefficient (Wildman–Crippen LogP) is 4.89. The van der Waals surface area contributed by atoms with Crippen LogP contribution in [0.2, 0.25) is 0 Å². The highest BCUT2D eigenvalue weighted by Gasteiger charge is 2.21. The summed E-state index contributed by atoms with van der Waals surface area (Å²) >= 11 is 0. The Labute approximate surface area is 177 Å². The zero-order chi connectivity index (χ0) is 20.8. The van der Waals surface area contributed by atoms with Crippen LogP contribution in [-0.4, -0.2) is 32.1 Å². The van der Waals surface area contributed by atoms with E-state index in [2.05, 4.69) is 22.3 Å². The van der Waals surface area contributed by atoms with Gasteiger partial charge in [0.05, 0.1) is 7.11 Å². The number of hydrogen-bond acceptors (Lipinski definition) is 4. The molecule has 1 saturated heterocycles. The quantitative estimate of drug-likeness (QED) is 0.638. The Bertz CT molecular complexity index is 948. The summed E-state index contributed by atoms with van der Waals surface area (Å²) in [6.45, 7) is 1.84. The van der Waals surface area contributed by atoms with Crippen LogP contribution in [0.25, 0.3) is 0 Å². The lowest BCUT2D eigenvalue weighted by molar-refractivity contribution is 0.0931. The molecule has 0 unspecified atom stereocenters. The lowest BCUT2D eigenvalue weighted by Crippen LogP contribution is -2.44. The van der Waals surface area contributed by atoms with E-state index in [-0.39, 0.29) is 11.9 Å². The van der Waals surface area contributed by atoms with Crippen LogP contribution < -0.4 is 19.7 Å². The Balaban J connectivity index is 1.28. The van der Waals surface area contributed by atoms with Gasteiger partial charge in [0.2, 0.25) is 0 Å². The van der Waals surface area contributed by atoms with Crippen molar-refractivity contribution in [2.75, 3.05) is 25.1 Å². The van der Waals surface area contributed by atoms with Gasteiger partial charge in [0.25, 0.3) is 5.91 Å². The number of ether oxygens (including phenoxy) is 2. The minimum absolute atomic E-state index is 0.0378. The molecule has 1 heterocycles. The van der Waals surface area contributed by atoms with Gasteiger partial charge in [0.15, 0.2) is 0 Å². The van der Waals surface area contributed by atoms with Gasteiger partial charge in [-0.2, -0.15) is 0 Å². The molecule has 154 valence electrons. The largest absolute Gasteiger partial charge is 0.497 e. The van der Waals surface area contributed by atoms with Crippen molar-refractivity contribution in [2.45, 2.75) is 18.9 Å². The molecule has 1 aliphatic heterocycles. The van der Waals surface area contributed by atoms with Crippen LogP contribution in [0, 0.1) is 0 Å². The molecule has 3 aromatic rings. The Morgan fingerprint density at radius 2 is 1.43 bits per heavy atom. The molecule has 0 atom stereocenters. The summed E-state index contributed by atoms with van der Waals surface area (Å²) in [5, 5.41) is 3.17. The molecule has 0 aliphatic carbocycles. The first-order chi connectivity index (χ1) is 14.7. The topological polar surface area (TPSA) is 50.8 Å². The molecule has 3 aromatic carbocycles. The number of carbonyl (C=O) groups excluding carboxylic acids is 1. The van der Waals surface area contributed by atoms with Crippen molar-refractivity contribution in [3.63, 3.8) is 0 Å². The molecule has 4 rings (SSSR count). The minimum atomic E-state index is -0.0378. The summed E-state index contributed by atoms with van der Waals surface area (Å²) in [6.07, 6.45) is 1.85. The molecule has 0 saturated carbocycles. The third kappa shape index (κ3) is 4.92. The molecule has 0 aromatic heterocycles. The molecule has 1 aliphatic rings. The second kappa shape index (κ2) is 9.35. The van der Waals surface area contributed by atoms with Crippen LogP contribution in [0.3, 0.4) is 0 Å². The Morgan fingerprint density at radius 3 is 2.07 bits per heavy atom. The van der Waals surface area contributed by atoms with E-state index < -0.39 is 0 Å². The number of benzene rings is 3. The van der Waals surface area contributed by atoms with Gasteiger partial charge in [-0.1, -0.05) is 18.2 Å². The molecular weight excluding hydrogens is 376 g/mol. The molecule has 30 heavy (non-hydrogen) atoms. The van der Waals surface area contributed by atoms with E-state index in [1.807, 2.05) is 54.6 Å². The summed E-state index contributed by atoms with van der Waals surface area (Å²) in [5.74, 6) is 2.31. The second-order valence-electron chi connectivity index (χ2n) is 7.37. The first-order valence-corrected chi connectivity index (χ1v) is 10.2. The number of anilines is 1. The highest BCUT2D eigenvalue weighted by Crippen LogP contribution is 2.24. The Morgan fingerprint density at radius 1 is 0.833 bits per heavy atom. The van der Waals surface area contributed by atoms with Crippen molar-refractivity contribution in [1.82, 2.24) is 5.32 Å². The number of piperidine rings is 1. The number of carbonyl (C=O) groups is 1. The minimum Gasteiger partial charge on any atom is -0.497 e. The lowest BCUT2D eigenvalue weighted by atomic mass is 10.0. The maximum absolute atomic E-state index is 12.6. The summed E-state index contributed by atoms with van der Waals surface area (Å²) < 4.78 is 11.0. The normalized spacial score (nSPS) is 14.2. The number of amides is 1. The molecule has 5 nitrogen and oxygen atoms in total. The van der Waals surface area contributed by atoms with Gasteiger partial charge in [-0.25, -0.2) is 0 Å². The first-order valence-electron chi connectivity index (χ1n) is 10.2. The Hall–Kier alpha value is -3.47. The summed E-state index contributed by atoms with van der Waals surface area (Å²) in [6, 6.07) is 25.2. The van der Waals surface area contributed by atoms with Crippen molar-refractivity contribution in [3.8, 4) is 17.2 Å². The van der Waals surface area contributed by atoms with Gasteiger partial charge < -0.3 is 19.7 Å². The predicted molar refractivity (Wildman–Crippen MR) is 119 cm³/mol. The number of nitrogens with one attached hydrogen (secondary N) is 1. The van der Waals surface area contributed by atoms with E-state index in [4.69, 9.17) is 9.47 Å². The molecular formula is C25H26N2O3. The number of rotatable bonds is 6. The van der Waals surface area contributed by atoms with Gasteiger partial charge in [-0.3, -0.25) is 4.79 Å². The van der Waals surface area contributed by atoms with Crippen LogP contribution in [0.5, 0.6) is 17.2 Å². The van der Waals surface area contributed by atoms with Gasteiger partial charge >= 0.3 is 0 Å². The van der Waals surface area contributed by atoms with E-state index in [9.17, 15) is 4.79 Å². The number of para-hydroxylation sites is 1. The molecule has 0 bridgehead atoms. The average molecular weight is 402 g/mol. The average Bonchev–Trinajstić information content (AvgIpc) is 2.81. The Kier molecular flexibility index (Phi) is 6.18. The zero-order valence-corrected chi connectivity index (χ0v) is 17.1. The lowest BCUT2D eigenvalue weighted by Gasteiger charge is -2.34. The fourth-order valence-corrected chi connectivity index (χ4v) is 3.64. The SMILES string of the molecule is COc1ccc(N2CCC(NC(=O)c3ccc(Oc4ccccc4)cc3)CC2)cc1. The van der Waals surface area contributed by atoms with Crippen LogP contribution in [0.1, 0.15) is 23.2 Å². The van der Waals surface area contributed by atoms with Crippen LogP contribution in [0.15, 0.2) is 78.9 Å². The fraction of sp³-hybridized carbons (Fsp3) is 0.240. The van der Waals surface area contributed by atoms with Gasteiger partial charge in [0.1, 0.15) is 17.2 Å². The zero-order valence-electron chi connectivity index (χ0n) is 17.1. The summed E-state index contributed by atoms with van der Waals surface area (Å²) in [7, 11) is 1.67. The monoisotopic (exact) mass is 402 g/mol. The van der Waals surface area contributed by atoms with E-state index in [0.29, 0.717) is 11.3 Å². The van der Waals surface area contributed by atoms with Gasteiger partial charge in [-0.05, 0) is 73.5 Å². The van der Waals surface area contributed by atoms with E-state index in [1.54, 1.807) is 19.2 Å². The van der Waals surface area contributed by atoms with Crippen molar-refractivity contribution < 1.29 is 14.3 Å². The first kappa shape index (κ1) is 19.8. The third-order valence-corrected chi connectivity index (χ3v) is 5.36. The number of hydrogen-bond donors (Lipinski definition) is 1. The highest BCUT2D eigenvalue weighted by molar-refractivity contribution is 5.94. The van der Waals surface area contributed by atoms with Crippen LogP contribution in [0.4, 0.5) is 5.69 Å². The van der Waals surface area contributed by atoms with Crippen molar-refractivity contribution in [3.05, 3.63) is 84.4 Å². The van der Waals surface area contributed by atoms with Gasteiger partial charge in [-0.15, -0.1) is 0 Å². The molecule has 1 N–H and O–H groups in total. The molecule has 0 radical (unpaired) electrons. The third-order valence-electron chi connectivity index (χ3n) is 5.36. The second-order valence-corrected chi connectivity index (χ2v) is 7.37. The summed E-state index contributed by atoms with van der Waals surface area (Å²) in [4.78, 5) is 15.0. The molecule has 0 spiro atoms. The van der Waals surface area contributed by atoms with Gasteiger partial charge in [0, 0.05) is 30.4 Å². The van der Waals surface area contributed by atoms with E-state index in [1.165, 1.54) is 5.69 Å². The van der Waals surface area contributed by atoms with Crippen molar-refractivity contribution in [1.29, 1.82) is 0 Å². The van der Waals surface area contributed by atoms with E-state index >= 15 is 0 Å². The molecule has 1 fully saturated rings. The fourth-order valence-electron chi connectivity index (χ4n) is 3.64. The molecule has 5 heteroatoms.